The van der Waals surface area contributed by atoms with Crippen molar-refractivity contribution in [2.45, 2.75) is 45.8 Å². The highest BCUT2D eigenvalue weighted by Crippen LogP contribution is 2.38. The highest BCUT2D eigenvalue weighted by molar-refractivity contribution is 6.55. The van der Waals surface area contributed by atoms with Gasteiger partial charge in [-0.1, -0.05) is 11.6 Å². The number of aliphatic hydroxyl groups excluding tert-OH is 1. The first-order valence-electron chi connectivity index (χ1n) is 6.95. The molecule has 1 aromatic rings. The second-order valence-corrected chi connectivity index (χ2v) is 6.76. The lowest BCUT2D eigenvalue weighted by Gasteiger charge is -2.32. The summed E-state index contributed by atoms with van der Waals surface area (Å²) >= 11 is 5.91. The van der Waals surface area contributed by atoms with Gasteiger partial charge in [-0.15, -0.1) is 0 Å². The van der Waals surface area contributed by atoms with Crippen LogP contribution < -0.4 is 0 Å². The van der Waals surface area contributed by atoms with Crippen LogP contribution in [0.15, 0.2) is 17.7 Å². The van der Waals surface area contributed by atoms with E-state index < -0.39 is 18.3 Å². The quantitative estimate of drug-likeness (QED) is 0.872. The largest absolute Gasteiger partial charge is 0.492 e. The summed E-state index contributed by atoms with van der Waals surface area (Å²) in [5, 5.41) is 10.2. The van der Waals surface area contributed by atoms with E-state index >= 15 is 0 Å². The van der Waals surface area contributed by atoms with Crippen molar-refractivity contribution in [2.24, 2.45) is 0 Å². The molecule has 0 unspecified atom stereocenters. The molecule has 1 aromatic heterocycles. The van der Waals surface area contributed by atoms with E-state index in [0.717, 1.165) is 11.3 Å². The Bertz CT molecular complexity index is 556. The molecule has 1 aliphatic heterocycles. The number of hydrogen-bond donors (Lipinski definition) is 1. The van der Waals surface area contributed by atoms with Crippen LogP contribution in [0.3, 0.4) is 0 Å². The summed E-state index contributed by atoms with van der Waals surface area (Å²) in [6.45, 7) is 9.69. The van der Waals surface area contributed by atoms with Crippen LogP contribution >= 0.6 is 11.6 Å². The number of hydrogen-bond acceptors (Lipinski definition) is 4. The standard InChI is InChI=1S/C15H21BClNO3/c1-10-6-12(17)8-18-13(10)7-11(9-19)16-20-14(2,3)15(4,5)21-16/h6-8,19H,9H2,1-5H3. The van der Waals surface area contributed by atoms with Crippen LogP contribution in [-0.2, 0) is 9.31 Å². The van der Waals surface area contributed by atoms with Gasteiger partial charge in [-0.2, -0.15) is 0 Å². The molecule has 1 N–H and O–H groups in total. The zero-order valence-corrected chi connectivity index (χ0v) is 13.9. The lowest BCUT2D eigenvalue weighted by atomic mass is 9.78. The second-order valence-electron chi connectivity index (χ2n) is 6.32. The molecule has 2 rings (SSSR count). The van der Waals surface area contributed by atoms with Crippen molar-refractivity contribution in [1.29, 1.82) is 0 Å². The van der Waals surface area contributed by atoms with Crippen molar-refractivity contribution >= 4 is 24.8 Å². The average molecular weight is 310 g/mol. The highest BCUT2D eigenvalue weighted by Gasteiger charge is 2.52. The molecule has 4 nitrogen and oxygen atoms in total. The van der Waals surface area contributed by atoms with Gasteiger partial charge in [-0.05, 0) is 57.8 Å². The van der Waals surface area contributed by atoms with Crippen molar-refractivity contribution in [2.75, 3.05) is 6.61 Å². The molecule has 114 valence electrons. The molecular formula is C15H21BClNO3. The minimum atomic E-state index is -0.572. The molecular weight excluding hydrogens is 288 g/mol. The first-order chi connectivity index (χ1) is 9.66. The van der Waals surface area contributed by atoms with Crippen LogP contribution in [0.5, 0.6) is 0 Å². The first-order valence-corrected chi connectivity index (χ1v) is 7.33. The van der Waals surface area contributed by atoms with Crippen LogP contribution in [0.2, 0.25) is 5.02 Å². The Morgan fingerprint density at radius 3 is 2.38 bits per heavy atom. The Morgan fingerprint density at radius 1 is 1.33 bits per heavy atom. The number of halogens is 1. The summed E-state index contributed by atoms with van der Waals surface area (Å²) < 4.78 is 11.9. The molecule has 21 heavy (non-hydrogen) atoms. The fourth-order valence-electron chi connectivity index (χ4n) is 2.06. The van der Waals surface area contributed by atoms with Crippen molar-refractivity contribution in [3.63, 3.8) is 0 Å². The fourth-order valence-corrected chi connectivity index (χ4v) is 2.27. The van der Waals surface area contributed by atoms with Gasteiger partial charge in [0.1, 0.15) is 0 Å². The SMILES string of the molecule is Cc1cc(Cl)cnc1C=C(CO)B1OC(C)(C)C(C)(C)O1. The minimum absolute atomic E-state index is 0.152. The molecule has 0 atom stereocenters. The number of pyridine rings is 1. The minimum Gasteiger partial charge on any atom is -0.400 e. The van der Waals surface area contributed by atoms with Gasteiger partial charge < -0.3 is 14.4 Å². The summed E-state index contributed by atoms with van der Waals surface area (Å²) in [6, 6.07) is 1.83. The van der Waals surface area contributed by atoms with E-state index in [0.29, 0.717) is 10.5 Å². The molecule has 0 amide bonds. The molecule has 0 radical (unpaired) electrons. The maximum Gasteiger partial charge on any atom is 0.492 e. The Balaban J connectivity index is 2.31. The Kier molecular flexibility index (Phi) is 4.50. The van der Waals surface area contributed by atoms with Gasteiger partial charge in [0.05, 0.1) is 28.5 Å². The molecule has 1 fully saturated rings. The molecule has 1 aliphatic rings. The van der Waals surface area contributed by atoms with E-state index in [1.807, 2.05) is 40.7 Å². The molecule has 0 saturated carbocycles. The third kappa shape index (κ3) is 3.32. The predicted molar refractivity (Wildman–Crippen MR) is 85.1 cm³/mol. The third-order valence-electron chi connectivity index (χ3n) is 4.15. The molecule has 0 spiro atoms. The van der Waals surface area contributed by atoms with Gasteiger partial charge in [-0.25, -0.2) is 0 Å². The van der Waals surface area contributed by atoms with Crippen LogP contribution in [0, 0.1) is 6.92 Å². The zero-order chi connectivity index (χ0) is 15.8. The number of aromatic nitrogens is 1. The molecule has 0 aromatic carbocycles. The van der Waals surface area contributed by atoms with Crippen LogP contribution in [0.1, 0.15) is 39.0 Å². The van der Waals surface area contributed by atoms with Gasteiger partial charge >= 0.3 is 7.12 Å². The second kappa shape index (κ2) is 5.73. The predicted octanol–water partition coefficient (Wildman–Crippen LogP) is 3.05. The average Bonchev–Trinajstić information content (AvgIpc) is 2.57. The lowest BCUT2D eigenvalue weighted by Crippen LogP contribution is -2.41. The molecule has 1 saturated heterocycles. The van der Waals surface area contributed by atoms with Crippen molar-refractivity contribution < 1.29 is 14.4 Å². The smallest absolute Gasteiger partial charge is 0.400 e. The first kappa shape index (κ1) is 16.5. The lowest BCUT2D eigenvalue weighted by molar-refractivity contribution is 0.00578. The van der Waals surface area contributed by atoms with Gasteiger partial charge in [0.25, 0.3) is 0 Å². The topological polar surface area (TPSA) is 51.6 Å². The summed E-state index contributed by atoms with van der Waals surface area (Å²) in [6.07, 6.45) is 3.38. The normalized spacial score (nSPS) is 20.9. The summed E-state index contributed by atoms with van der Waals surface area (Å²) in [5.41, 5.74) is 1.46. The Morgan fingerprint density at radius 2 is 1.90 bits per heavy atom. The molecule has 2 heterocycles. The number of nitrogens with zero attached hydrogens (tertiary/aromatic N) is 1. The summed E-state index contributed by atoms with van der Waals surface area (Å²) in [4.78, 5) is 4.28. The number of aliphatic hydroxyl groups is 1. The van der Waals surface area contributed by atoms with Crippen LogP contribution in [0.4, 0.5) is 0 Å². The molecule has 0 aliphatic carbocycles. The zero-order valence-electron chi connectivity index (χ0n) is 13.1. The number of rotatable bonds is 3. The van der Waals surface area contributed by atoms with E-state index in [1.165, 1.54) is 0 Å². The Hall–Kier alpha value is -0.875. The fraction of sp³-hybridized carbons (Fsp3) is 0.533. The molecule has 0 bridgehead atoms. The number of aryl methyl sites for hydroxylation is 1. The van der Waals surface area contributed by atoms with Crippen molar-refractivity contribution in [1.82, 2.24) is 4.98 Å². The van der Waals surface area contributed by atoms with Crippen LogP contribution in [0.25, 0.3) is 6.08 Å². The van der Waals surface area contributed by atoms with Crippen LogP contribution in [-0.4, -0.2) is 35.0 Å². The van der Waals surface area contributed by atoms with Gasteiger partial charge in [0.15, 0.2) is 0 Å². The summed E-state index contributed by atoms with van der Waals surface area (Å²) in [5.74, 6) is 0. The summed E-state index contributed by atoms with van der Waals surface area (Å²) in [7, 11) is -0.572. The van der Waals surface area contributed by atoms with E-state index in [2.05, 4.69) is 4.98 Å². The van der Waals surface area contributed by atoms with E-state index in [-0.39, 0.29) is 6.61 Å². The van der Waals surface area contributed by atoms with E-state index in [4.69, 9.17) is 20.9 Å². The van der Waals surface area contributed by atoms with Gasteiger partial charge in [0.2, 0.25) is 0 Å². The maximum atomic E-state index is 9.65. The monoisotopic (exact) mass is 309 g/mol. The Labute approximate surface area is 131 Å². The van der Waals surface area contributed by atoms with Crippen molar-refractivity contribution in [3.05, 3.63) is 34.0 Å². The highest BCUT2D eigenvalue weighted by atomic mass is 35.5. The van der Waals surface area contributed by atoms with Crippen molar-refractivity contribution in [3.8, 4) is 0 Å². The maximum absolute atomic E-state index is 9.65. The van der Waals surface area contributed by atoms with E-state index in [9.17, 15) is 5.11 Å². The third-order valence-corrected chi connectivity index (χ3v) is 4.35. The van der Waals surface area contributed by atoms with E-state index in [1.54, 1.807) is 12.3 Å². The van der Waals surface area contributed by atoms with Gasteiger partial charge in [-0.3, -0.25) is 4.98 Å². The molecule has 6 heteroatoms. The van der Waals surface area contributed by atoms with Gasteiger partial charge in [0, 0.05) is 6.20 Å².